The molecule has 4 rings (SSSR count). The third kappa shape index (κ3) is 4.23. The summed E-state index contributed by atoms with van der Waals surface area (Å²) in [5, 5.41) is 12.4. The first-order valence-corrected chi connectivity index (χ1v) is 10.3. The lowest BCUT2D eigenvalue weighted by Gasteiger charge is -2.13. The van der Waals surface area contributed by atoms with Gasteiger partial charge in [-0.1, -0.05) is 31.0 Å². The third-order valence-corrected chi connectivity index (χ3v) is 5.44. The summed E-state index contributed by atoms with van der Waals surface area (Å²) < 4.78 is 21.2. The predicted octanol–water partition coefficient (Wildman–Crippen LogP) is 3.90. The van der Waals surface area contributed by atoms with E-state index in [-0.39, 0.29) is 28.8 Å². The minimum Gasteiger partial charge on any atom is -0.435 e. The van der Waals surface area contributed by atoms with Gasteiger partial charge in [0.2, 0.25) is 5.88 Å². The molecule has 1 aliphatic carbocycles. The molecule has 0 radical (unpaired) electrons. The topological polar surface area (TPSA) is 96.5 Å². The van der Waals surface area contributed by atoms with Gasteiger partial charge in [0.25, 0.3) is 11.5 Å². The van der Waals surface area contributed by atoms with E-state index in [2.05, 4.69) is 10.3 Å². The highest BCUT2D eigenvalue weighted by atomic mass is 19.1. The minimum atomic E-state index is -0.631. The Bertz CT molecular complexity index is 1320. The molecule has 2 aromatic heterocycles. The van der Waals surface area contributed by atoms with Crippen LogP contribution < -0.4 is 15.6 Å². The van der Waals surface area contributed by atoms with Crippen molar-refractivity contribution in [3.05, 3.63) is 75.5 Å². The van der Waals surface area contributed by atoms with Crippen LogP contribution in [0.15, 0.2) is 53.0 Å². The SMILES string of the molecule is Cc1cccn2c(=O)c(C=C(C#N)C(=O)NC3CCCC3)c(Oc3ccccc3F)nc12. The molecule has 2 heterocycles. The van der Waals surface area contributed by atoms with Gasteiger partial charge in [-0.25, -0.2) is 4.39 Å². The molecule has 1 saturated carbocycles. The highest BCUT2D eigenvalue weighted by molar-refractivity contribution is 6.02. The lowest BCUT2D eigenvalue weighted by molar-refractivity contribution is -0.117. The van der Waals surface area contributed by atoms with E-state index in [1.54, 1.807) is 25.1 Å². The molecule has 0 bridgehead atoms. The van der Waals surface area contributed by atoms with Gasteiger partial charge in [0.15, 0.2) is 11.6 Å². The van der Waals surface area contributed by atoms with Gasteiger partial charge in [-0.3, -0.25) is 14.0 Å². The first kappa shape index (κ1) is 21.2. The Hall–Kier alpha value is -3.99. The second-order valence-electron chi connectivity index (χ2n) is 7.68. The standard InChI is InChI=1S/C24H21FN4O3/c1-15-7-6-12-29-21(15)28-23(32-20-11-5-4-10-19(20)25)18(24(29)31)13-16(14-26)22(30)27-17-8-2-3-9-17/h4-7,10-13,17H,2-3,8-9H2,1H3,(H,27,30). The number of amides is 1. The van der Waals surface area contributed by atoms with Crippen LogP contribution in [0.25, 0.3) is 11.7 Å². The first-order valence-electron chi connectivity index (χ1n) is 10.3. The lowest BCUT2D eigenvalue weighted by atomic mass is 10.1. The maximum Gasteiger partial charge on any atom is 0.269 e. The number of fused-ring (bicyclic) bond motifs is 1. The van der Waals surface area contributed by atoms with Crippen molar-refractivity contribution in [3.8, 4) is 17.7 Å². The Morgan fingerprint density at radius 2 is 2.03 bits per heavy atom. The summed E-state index contributed by atoms with van der Waals surface area (Å²) in [5.41, 5.74) is 0.135. The molecule has 0 spiro atoms. The van der Waals surface area contributed by atoms with E-state index in [1.807, 2.05) is 6.07 Å². The molecule has 1 N–H and O–H groups in total. The molecule has 1 amide bonds. The van der Waals surface area contributed by atoms with E-state index < -0.39 is 17.3 Å². The van der Waals surface area contributed by atoms with Gasteiger partial charge in [-0.2, -0.15) is 10.2 Å². The largest absolute Gasteiger partial charge is 0.435 e. The molecule has 1 aliphatic rings. The Morgan fingerprint density at radius 3 is 2.75 bits per heavy atom. The van der Waals surface area contributed by atoms with Gasteiger partial charge >= 0.3 is 0 Å². The van der Waals surface area contributed by atoms with Crippen LogP contribution in [-0.2, 0) is 4.79 Å². The molecule has 7 nitrogen and oxygen atoms in total. The van der Waals surface area contributed by atoms with Crippen molar-refractivity contribution in [3.63, 3.8) is 0 Å². The van der Waals surface area contributed by atoms with Crippen molar-refractivity contribution in [2.45, 2.75) is 38.6 Å². The number of rotatable bonds is 5. The smallest absolute Gasteiger partial charge is 0.269 e. The Labute approximate surface area is 183 Å². The van der Waals surface area contributed by atoms with Gasteiger partial charge in [0.1, 0.15) is 22.9 Å². The van der Waals surface area contributed by atoms with Gasteiger partial charge in [-0.15, -0.1) is 0 Å². The summed E-state index contributed by atoms with van der Waals surface area (Å²) in [6.07, 6.45) is 6.44. The minimum absolute atomic E-state index is 0.00635. The number of benzene rings is 1. The number of aryl methyl sites for hydroxylation is 1. The van der Waals surface area contributed by atoms with Crippen LogP contribution in [0.4, 0.5) is 4.39 Å². The van der Waals surface area contributed by atoms with Crippen molar-refractivity contribution in [1.82, 2.24) is 14.7 Å². The van der Waals surface area contributed by atoms with Gasteiger partial charge in [0.05, 0.1) is 0 Å². The average molecular weight is 432 g/mol. The highest BCUT2D eigenvalue weighted by Crippen LogP contribution is 2.27. The molecule has 0 unspecified atom stereocenters. The fourth-order valence-corrected chi connectivity index (χ4v) is 3.75. The summed E-state index contributed by atoms with van der Waals surface area (Å²) in [6.45, 7) is 1.78. The van der Waals surface area contributed by atoms with E-state index in [1.165, 1.54) is 28.8 Å². The molecule has 32 heavy (non-hydrogen) atoms. The molecule has 162 valence electrons. The maximum atomic E-state index is 14.2. The van der Waals surface area contributed by atoms with Crippen LogP contribution in [0.2, 0.25) is 0 Å². The number of aromatic nitrogens is 2. The van der Waals surface area contributed by atoms with E-state index in [4.69, 9.17) is 4.74 Å². The number of nitrogens with one attached hydrogen (secondary N) is 1. The number of para-hydroxylation sites is 1. The summed E-state index contributed by atoms with van der Waals surface area (Å²) >= 11 is 0. The summed E-state index contributed by atoms with van der Waals surface area (Å²) in [4.78, 5) is 30.3. The van der Waals surface area contributed by atoms with Crippen LogP contribution in [0.3, 0.4) is 0 Å². The maximum absolute atomic E-state index is 14.2. The molecule has 1 fully saturated rings. The zero-order valence-electron chi connectivity index (χ0n) is 17.5. The zero-order chi connectivity index (χ0) is 22.7. The van der Waals surface area contributed by atoms with Crippen LogP contribution in [0.5, 0.6) is 11.6 Å². The number of ether oxygens (including phenoxy) is 1. The summed E-state index contributed by atoms with van der Waals surface area (Å²) in [7, 11) is 0. The van der Waals surface area contributed by atoms with Gasteiger partial charge in [0, 0.05) is 12.2 Å². The normalized spacial score (nSPS) is 14.3. The number of nitriles is 1. The van der Waals surface area contributed by atoms with E-state index in [9.17, 15) is 19.2 Å². The Kier molecular flexibility index (Phi) is 5.99. The van der Waals surface area contributed by atoms with E-state index >= 15 is 0 Å². The van der Waals surface area contributed by atoms with Crippen LogP contribution in [0.1, 0.15) is 36.8 Å². The lowest BCUT2D eigenvalue weighted by Crippen LogP contribution is -2.33. The van der Waals surface area contributed by atoms with Crippen LogP contribution in [0, 0.1) is 24.1 Å². The van der Waals surface area contributed by atoms with Crippen molar-refractivity contribution in [1.29, 1.82) is 5.26 Å². The molecular weight excluding hydrogens is 411 g/mol. The second-order valence-corrected chi connectivity index (χ2v) is 7.68. The van der Waals surface area contributed by atoms with E-state index in [0.29, 0.717) is 11.2 Å². The number of halogens is 1. The van der Waals surface area contributed by atoms with Crippen molar-refractivity contribution >= 4 is 17.6 Å². The number of nitrogens with zero attached hydrogens (tertiary/aromatic N) is 3. The number of carbonyl (C=O) groups is 1. The van der Waals surface area contributed by atoms with Gasteiger partial charge in [-0.05, 0) is 49.6 Å². The Morgan fingerprint density at radius 1 is 1.28 bits per heavy atom. The predicted molar refractivity (Wildman–Crippen MR) is 117 cm³/mol. The number of hydrogen-bond acceptors (Lipinski definition) is 5. The summed E-state index contributed by atoms with van der Waals surface area (Å²) in [5.74, 6) is -1.50. The van der Waals surface area contributed by atoms with Gasteiger partial charge < -0.3 is 10.1 Å². The Balaban J connectivity index is 1.84. The molecule has 8 heteroatoms. The molecule has 0 atom stereocenters. The molecule has 3 aromatic rings. The fraction of sp³-hybridized carbons (Fsp3) is 0.250. The highest BCUT2D eigenvalue weighted by Gasteiger charge is 2.22. The number of pyridine rings is 1. The van der Waals surface area contributed by atoms with Crippen LogP contribution >= 0.6 is 0 Å². The van der Waals surface area contributed by atoms with E-state index in [0.717, 1.165) is 31.8 Å². The molecule has 0 aliphatic heterocycles. The van der Waals surface area contributed by atoms with Crippen molar-refractivity contribution in [2.24, 2.45) is 0 Å². The first-order chi connectivity index (χ1) is 15.5. The zero-order valence-corrected chi connectivity index (χ0v) is 17.5. The monoisotopic (exact) mass is 432 g/mol. The summed E-state index contributed by atoms with van der Waals surface area (Å²) in [6, 6.07) is 11.1. The number of carbonyl (C=O) groups excluding carboxylic acids is 1. The fourth-order valence-electron chi connectivity index (χ4n) is 3.75. The molecule has 0 saturated heterocycles. The number of hydrogen-bond donors (Lipinski definition) is 1. The van der Waals surface area contributed by atoms with Crippen LogP contribution in [-0.4, -0.2) is 21.3 Å². The van der Waals surface area contributed by atoms with Crippen molar-refractivity contribution in [2.75, 3.05) is 0 Å². The molecule has 1 aromatic carbocycles. The quantitative estimate of drug-likeness (QED) is 0.487. The third-order valence-electron chi connectivity index (χ3n) is 5.44. The average Bonchev–Trinajstić information content (AvgIpc) is 3.29. The van der Waals surface area contributed by atoms with Crippen molar-refractivity contribution < 1.29 is 13.9 Å². The molecular formula is C24H21FN4O3. The second kappa shape index (κ2) is 9.02.